The van der Waals surface area contributed by atoms with E-state index < -0.39 is 0 Å². The Morgan fingerprint density at radius 1 is 1.47 bits per heavy atom. The van der Waals surface area contributed by atoms with Crippen molar-refractivity contribution in [1.29, 1.82) is 0 Å². The standard InChI is InChI=1S/C14H19N3OS/c1-5-15-14-16-12(18-7-6-9(2)3)11-8-10(4)19-13(11)17-14/h8H,2,5-7H2,1,3-4H3,(H,15,16,17). The molecule has 2 aromatic rings. The normalized spacial score (nSPS) is 10.7. The lowest BCUT2D eigenvalue weighted by Crippen LogP contribution is -2.05. The van der Waals surface area contributed by atoms with E-state index in [0.717, 1.165) is 28.8 Å². The molecule has 2 aromatic heterocycles. The number of rotatable bonds is 6. The average molecular weight is 277 g/mol. The second-order valence-electron chi connectivity index (χ2n) is 4.51. The van der Waals surface area contributed by atoms with E-state index in [1.165, 1.54) is 4.88 Å². The van der Waals surface area contributed by atoms with Gasteiger partial charge in [0.1, 0.15) is 4.83 Å². The Morgan fingerprint density at radius 3 is 2.95 bits per heavy atom. The summed E-state index contributed by atoms with van der Waals surface area (Å²) < 4.78 is 5.79. The zero-order valence-electron chi connectivity index (χ0n) is 11.6. The third kappa shape index (κ3) is 3.44. The van der Waals surface area contributed by atoms with Gasteiger partial charge in [-0.15, -0.1) is 17.9 Å². The summed E-state index contributed by atoms with van der Waals surface area (Å²) in [6.45, 7) is 11.4. The van der Waals surface area contributed by atoms with Crippen LogP contribution in [-0.4, -0.2) is 23.1 Å². The number of thiophene rings is 1. The van der Waals surface area contributed by atoms with E-state index in [2.05, 4.69) is 34.9 Å². The molecule has 5 heteroatoms. The summed E-state index contributed by atoms with van der Waals surface area (Å²) in [6.07, 6.45) is 0.838. The minimum atomic E-state index is 0.599. The third-order valence-electron chi connectivity index (χ3n) is 2.58. The number of anilines is 1. The van der Waals surface area contributed by atoms with Gasteiger partial charge in [-0.25, -0.2) is 4.98 Å². The van der Waals surface area contributed by atoms with Crippen molar-refractivity contribution in [3.8, 4) is 5.88 Å². The second-order valence-corrected chi connectivity index (χ2v) is 5.75. The van der Waals surface area contributed by atoms with E-state index in [1.54, 1.807) is 11.3 Å². The Kier molecular flexibility index (Phi) is 4.37. The summed E-state index contributed by atoms with van der Waals surface area (Å²) in [6, 6.07) is 2.08. The summed E-state index contributed by atoms with van der Waals surface area (Å²) in [7, 11) is 0. The molecule has 2 heterocycles. The van der Waals surface area contributed by atoms with Crippen LogP contribution in [0.5, 0.6) is 5.88 Å². The number of hydrogen-bond donors (Lipinski definition) is 1. The van der Waals surface area contributed by atoms with Gasteiger partial charge in [0, 0.05) is 17.8 Å². The molecule has 0 saturated carbocycles. The lowest BCUT2D eigenvalue weighted by molar-refractivity contribution is 0.313. The van der Waals surface area contributed by atoms with Gasteiger partial charge in [-0.3, -0.25) is 0 Å². The molecule has 0 bridgehead atoms. The predicted octanol–water partition coefficient (Wildman–Crippen LogP) is 3.78. The number of hydrogen-bond acceptors (Lipinski definition) is 5. The van der Waals surface area contributed by atoms with Crippen LogP contribution in [0.3, 0.4) is 0 Å². The van der Waals surface area contributed by atoms with Crippen molar-refractivity contribution in [2.75, 3.05) is 18.5 Å². The van der Waals surface area contributed by atoms with Crippen molar-refractivity contribution in [1.82, 2.24) is 9.97 Å². The molecule has 0 unspecified atom stereocenters. The van der Waals surface area contributed by atoms with Crippen molar-refractivity contribution >= 4 is 27.5 Å². The maximum absolute atomic E-state index is 5.79. The molecule has 0 spiro atoms. The van der Waals surface area contributed by atoms with Crippen LogP contribution in [0.1, 0.15) is 25.1 Å². The van der Waals surface area contributed by atoms with Crippen LogP contribution in [0.2, 0.25) is 0 Å². The number of aromatic nitrogens is 2. The Balaban J connectivity index is 2.30. The number of nitrogens with zero attached hydrogens (tertiary/aromatic N) is 2. The quantitative estimate of drug-likeness (QED) is 0.816. The molecule has 19 heavy (non-hydrogen) atoms. The number of ether oxygens (including phenoxy) is 1. The maximum atomic E-state index is 5.79. The highest BCUT2D eigenvalue weighted by Crippen LogP contribution is 2.31. The Bertz CT molecular complexity index is 592. The molecule has 0 fully saturated rings. The molecule has 0 atom stereocenters. The van der Waals surface area contributed by atoms with Gasteiger partial charge >= 0.3 is 0 Å². The molecule has 102 valence electrons. The van der Waals surface area contributed by atoms with Gasteiger partial charge in [0.15, 0.2) is 0 Å². The second kappa shape index (κ2) is 6.02. The molecule has 1 N–H and O–H groups in total. The number of nitrogens with one attached hydrogen (secondary N) is 1. The van der Waals surface area contributed by atoms with Crippen LogP contribution in [0.15, 0.2) is 18.2 Å². The lowest BCUT2D eigenvalue weighted by atomic mass is 10.3. The van der Waals surface area contributed by atoms with Crippen molar-refractivity contribution in [3.05, 3.63) is 23.1 Å². The highest BCUT2D eigenvalue weighted by atomic mass is 32.1. The maximum Gasteiger partial charge on any atom is 0.227 e. The summed E-state index contributed by atoms with van der Waals surface area (Å²) in [5.41, 5.74) is 1.11. The molecule has 0 amide bonds. The molecule has 0 aliphatic carbocycles. The predicted molar refractivity (Wildman–Crippen MR) is 81.2 cm³/mol. The smallest absolute Gasteiger partial charge is 0.227 e. The minimum absolute atomic E-state index is 0.599. The minimum Gasteiger partial charge on any atom is -0.477 e. The van der Waals surface area contributed by atoms with Gasteiger partial charge in [-0.05, 0) is 26.8 Å². The van der Waals surface area contributed by atoms with E-state index in [0.29, 0.717) is 18.4 Å². The molecule has 0 saturated heterocycles. The largest absolute Gasteiger partial charge is 0.477 e. The topological polar surface area (TPSA) is 47.0 Å². The van der Waals surface area contributed by atoms with Crippen LogP contribution >= 0.6 is 11.3 Å². The van der Waals surface area contributed by atoms with Crippen molar-refractivity contribution in [3.63, 3.8) is 0 Å². The summed E-state index contributed by atoms with van der Waals surface area (Å²) in [5, 5.41) is 4.13. The first-order chi connectivity index (χ1) is 9.10. The van der Waals surface area contributed by atoms with E-state index in [-0.39, 0.29) is 0 Å². The molecule has 4 nitrogen and oxygen atoms in total. The molecule has 0 aliphatic heterocycles. The van der Waals surface area contributed by atoms with Gasteiger partial charge < -0.3 is 10.1 Å². The highest BCUT2D eigenvalue weighted by Gasteiger charge is 2.11. The summed E-state index contributed by atoms with van der Waals surface area (Å²) in [4.78, 5) is 11.1. The van der Waals surface area contributed by atoms with E-state index in [1.807, 2.05) is 13.8 Å². The van der Waals surface area contributed by atoms with E-state index in [9.17, 15) is 0 Å². The number of aryl methyl sites for hydroxylation is 1. The SMILES string of the molecule is C=C(C)CCOc1nc(NCC)nc2sc(C)cc12. The molecule has 2 rings (SSSR count). The monoisotopic (exact) mass is 277 g/mol. The fraction of sp³-hybridized carbons (Fsp3) is 0.429. The van der Waals surface area contributed by atoms with Gasteiger partial charge in [0.25, 0.3) is 0 Å². The first-order valence-corrected chi connectivity index (χ1v) is 7.21. The fourth-order valence-corrected chi connectivity index (χ4v) is 2.55. The van der Waals surface area contributed by atoms with E-state index >= 15 is 0 Å². The van der Waals surface area contributed by atoms with Crippen molar-refractivity contribution < 1.29 is 4.74 Å². The Labute approximate surface area is 117 Å². The van der Waals surface area contributed by atoms with Crippen molar-refractivity contribution in [2.45, 2.75) is 27.2 Å². The fourth-order valence-electron chi connectivity index (χ4n) is 1.68. The lowest BCUT2D eigenvalue weighted by Gasteiger charge is -2.08. The van der Waals surface area contributed by atoms with Gasteiger partial charge in [0.2, 0.25) is 11.8 Å². The summed E-state index contributed by atoms with van der Waals surface area (Å²) >= 11 is 1.66. The Hall–Kier alpha value is -1.62. The zero-order valence-corrected chi connectivity index (χ0v) is 12.4. The summed E-state index contributed by atoms with van der Waals surface area (Å²) in [5.74, 6) is 1.29. The molecular weight excluding hydrogens is 258 g/mol. The van der Waals surface area contributed by atoms with Crippen LogP contribution < -0.4 is 10.1 Å². The van der Waals surface area contributed by atoms with Gasteiger partial charge in [-0.1, -0.05) is 5.57 Å². The van der Waals surface area contributed by atoms with Crippen molar-refractivity contribution in [2.24, 2.45) is 0 Å². The third-order valence-corrected chi connectivity index (χ3v) is 3.53. The molecule has 0 aromatic carbocycles. The molecule has 0 aliphatic rings. The van der Waals surface area contributed by atoms with Crippen LogP contribution in [0.4, 0.5) is 5.95 Å². The molecular formula is C14H19N3OS. The van der Waals surface area contributed by atoms with Crippen LogP contribution in [-0.2, 0) is 0 Å². The highest BCUT2D eigenvalue weighted by molar-refractivity contribution is 7.18. The molecule has 0 radical (unpaired) electrons. The van der Waals surface area contributed by atoms with E-state index in [4.69, 9.17) is 4.74 Å². The van der Waals surface area contributed by atoms with Crippen LogP contribution in [0, 0.1) is 6.92 Å². The first-order valence-electron chi connectivity index (χ1n) is 6.39. The first kappa shape index (κ1) is 13.8. The zero-order chi connectivity index (χ0) is 13.8. The van der Waals surface area contributed by atoms with Crippen LogP contribution in [0.25, 0.3) is 10.2 Å². The Morgan fingerprint density at radius 2 is 2.26 bits per heavy atom. The van der Waals surface area contributed by atoms with Gasteiger partial charge in [0.05, 0.1) is 12.0 Å². The number of fused-ring (bicyclic) bond motifs is 1. The average Bonchev–Trinajstić information content (AvgIpc) is 2.69. The van der Waals surface area contributed by atoms with Gasteiger partial charge in [-0.2, -0.15) is 4.98 Å².